The van der Waals surface area contributed by atoms with Gasteiger partial charge in [0.25, 0.3) is 0 Å². The van der Waals surface area contributed by atoms with Gasteiger partial charge in [-0.15, -0.1) is 11.3 Å². The number of aryl methyl sites for hydroxylation is 1. The molecule has 0 atom stereocenters. The van der Waals surface area contributed by atoms with Crippen molar-refractivity contribution in [3.63, 3.8) is 0 Å². The summed E-state index contributed by atoms with van der Waals surface area (Å²) in [7, 11) is 0. The molecule has 0 saturated carbocycles. The molecule has 0 aliphatic heterocycles. The molecule has 0 aliphatic carbocycles. The third-order valence-electron chi connectivity index (χ3n) is 2.57. The zero-order valence-corrected chi connectivity index (χ0v) is 11.7. The van der Waals surface area contributed by atoms with Crippen molar-refractivity contribution < 1.29 is 9.90 Å². The fraction of sp³-hybridized carbons (Fsp3) is 0.286. The SMILES string of the molecule is O=C(CCn1ccnc1)NCc1ccc(C#CCO)s1. The molecule has 2 aromatic heterocycles. The van der Waals surface area contributed by atoms with Crippen molar-refractivity contribution in [3.05, 3.63) is 40.6 Å². The van der Waals surface area contributed by atoms with Crippen molar-refractivity contribution in [1.82, 2.24) is 14.9 Å². The van der Waals surface area contributed by atoms with E-state index in [-0.39, 0.29) is 12.5 Å². The molecule has 20 heavy (non-hydrogen) atoms. The molecular formula is C14H15N3O2S. The van der Waals surface area contributed by atoms with E-state index in [2.05, 4.69) is 22.1 Å². The lowest BCUT2D eigenvalue weighted by molar-refractivity contribution is -0.121. The number of thiophene rings is 1. The summed E-state index contributed by atoms with van der Waals surface area (Å²) in [5.41, 5.74) is 0. The van der Waals surface area contributed by atoms with Crippen LogP contribution in [0.25, 0.3) is 0 Å². The number of aliphatic hydroxyl groups excluding tert-OH is 1. The fourth-order valence-corrected chi connectivity index (χ4v) is 2.41. The van der Waals surface area contributed by atoms with Gasteiger partial charge in [0.05, 0.1) is 17.7 Å². The van der Waals surface area contributed by atoms with Gasteiger partial charge in [-0.1, -0.05) is 11.8 Å². The van der Waals surface area contributed by atoms with Crippen molar-refractivity contribution in [2.75, 3.05) is 6.61 Å². The second-order valence-corrected chi connectivity index (χ2v) is 5.22. The molecule has 104 valence electrons. The maximum atomic E-state index is 11.7. The molecule has 5 nitrogen and oxygen atoms in total. The number of nitrogens with zero attached hydrogens (tertiary/aromatic N) is 2. The van der Waals surface area contributed by atoms with Crippen molar-refractivity contribution in [2.24, 2.45) is 0 Å². The molecule has 0 aromatic carbocycles. The van der Waals surface area contributed by atoms with Gasteiger partial charge >= 0.3 is 0 Å². The summed E-state index contributed by atoms with van der Waals surface area (Å²) in [4.78, 5) is 17.5. The van der Waals surface area contributed by atoms with Crippen LogP contribution < -0.4 is 5.32 Å². The lowest BCUT2D eigenvalue weighted by atomic mass is 10.3. The van der Waals surface area contributed by atoms with Gasteiger partial charge in [-0.05, 0) is 12.1 Å². The Kier molecular flexibility index (Phi) is 5.35. The molecule has 0 saturated heterocycles. The molecule has 2 rings (SSSR count). The summed E-state index contributed by atoms with van der Waals surface area (Å²) in [6, 6.07) is 3.82. The minimum atomic E-state index is -0.141. The topological polar surface area (TPSA) is 67.2 Å². The second-order valence-electron chi connectivity index (χ2n) is 4.05. The highest BCUT2D eigenvalue weighted by atomic mass is 32.1. The van der Waals surface area contributed by atoms with Crippen LogP contribution in [-0.2, 0) is 17.9 Å². The van der Waals surface area contributed by atoms with Crippen LogP contribution in [0.2, 0.25) is 0 Å². The fourth-order valence-electron chi connectivity index (χ4n) is 1.59. The largest absolute Gasteiger partial charge is 0.384 e. The number of nitrogens with one attached hydrogen (secondary N) is 1. The van der Waals surface area contributed by atoms with Crippen molar-refractivity contribution >= 4 is 17.2 Å². The lowest BCUT2D eigenvalue weighted by Gasteiger charge is -2.04. The Labute approximate surface area is 121 Å². The van der Waals surface area contributed by atoms with Crippen LogP contribution in [0.15, 0.2) is 30.9 Å². The van der Waals surface area contributed by atoms with Crippen LogP contribution in [0, 0.1) is 11.8 Å². The Morgan fingerprint density at radius 2 is 2.40 bits per heavy atom. The maximum absolute atomic E-state index is 11.7. The first kappa shape index (κ1) is 14.3. The molecule has 0 aliphatic rings. The van der Waals surface area contributed by atoms with Crippen LogP contribution in [-0.4, -0.2) is 27.2 Å². The number of amides is 1. The van der Waals surface area contributed by atoms with Crippen LogP contribution in [0.3, 0.4) is 0 Å². The zero-order chi connectivity index (χ0) is 14.2. The van der Waals surface area contributed by atoms with E-state index >= 15 is 0 Å². The van der Waals surface area contributed by atoms with Gasteiger partial charge < -0.3 is 15.0 Å². The van der Waals surface area contributed by atoms with Crippen LogP contribution in [0.5, 0.6) is 0 Å². The standard InChI is InChI=1S/C14H15N3O2S/c18-9-1-2-12-3-4-13(20-12)10-16-14(19)5-7-17-8-6-15-11-17/h3-4,6,8,11,18H,5,7,9-10H2,(H,16,19). The van der Waals surface area contributed by atoms with E-state index < -0.39 is 0 Å². The average Bonchev–Trinajstić information content (AvgIpc) is 3.12. The number of carbonyl (C=O) groups is 1. The molecule has 0 radical (unpaired) electrons. The molecule has 6 heteroatoms. The maximum Gasteiger partial charge on any atom is 0.222 e. The molecule has 0 spiro atoms. The van der Waals surface area contributed by atoms with E-state index in [4.69, 9.17) is 5.11 Å². The summed E-state index contributed by atoms with van der Waals surface area (Å²) in [5.74, 6) is 5.45. The highest BCUT2D eigenvalue weighted by Crippen LogP contribution is 2.14. The number of rotatable bonds is 5. The molecule has 2 aromatic rings. The highest BCUT2D eigenvalue weighted by molar-refractivity contribution is 7.12. The van der Waals surface area contributed by atoms with E-state index in [1.165, 1.54) is 11.3 Å². The first-order chi connectivity index (χ1) is 9.78. The van der Waals surface area contributed by atoms with Crippen molar-refractivity contribution in [3.8, 4) is 11.8 Å². The van der Waals surface area contributed by atoms with E-state index in [1.807, 2.05) is 22.9 Å². The Morgan fingerprint density at radius 3 is 3.15 bits per heavy atom. The van der Waals surface area contributed by atoms with Gasteiger partial charge in [0.2, 0.25) is 5.91 Å². The monoisotopic (exact) mass is 289 g/mol. The van der Waals surface area contributed by atoms with Gasteiger partial charge in [-0.3, -0.25) is 4.79 Å². The van der Waals surface area contributed by atoms with Gasteiger partial charge in [0, 0.05) is 30.2 Å². The first-order valence-corrected chi connectivity index (χ1v) is 7.00. The summed E-state index contributed by atoms with van der Waals surface area (Å²) >= 11 is 1.52. The van der Waals surface area contributed by atoms with E-state index in [0.717, 1.165) is 9.75 Å². The number of imidazole rings is 1. The minimum Gasteiger partial charge on any atom is -0.384 e. The third-order valence-corrected chi connectivity index (χ3v) is 3.57. The van der Waals surface area contributed by atoms with Gasteiger partial charge in [0.1, 0.15) is 6.61 Å². The van der Waals surface area contributed by atoms with E-state index in [9.17, 15) is 4.79 Å². The summed E-state index contributed by atoms with van der Waals surface area (Å²) in [6.45, 7) is 0.996. The quantitative estimate of drug-likeness (QED) is 0.807. The normalized spacial score (nSPS) is 9.85. The molecule has 2 heterocycles. The van der Waals surface area contributed by atoms with Crippen molar-refractivity contribution in [2.45, 2.75) is 19.5 Å². The average molecular weight is 289 g/mol. The number of hydrogen-bond acceptors (Lipinski definition) is 4. The smallest absolute Gasteiger partial charge is 0.222 e. The molecule has 2 N–H and O–H groups in total. The van der Waals surface area contributed by atoms with Crippen LogP contribution in [0.4, 0.5) is 0 Å². The summed E-state index contributed by atoms with van der Waals surface area (Å²) < 4.78 is 1.87. The van der Waals surface area contributed by atoms with Gasteiger partial charge in [-0.2, -0.15) is 0 Å². The molecule has 0 bridgehead atoms. The van der Waals surface area contributed by atoms with Crippen LogP contribution >= 0.6 is 11.3 Å². The molecule has 1 amide bonds. The number of carbonyl (C=O) groups excluding carboxylic acids is 1. The Bertz CT molecular complexity index is 608. The van der Waals surface area contributed by atoms with Crippen LogP contribution in [0.1, 0.15) is 16.2 Å². The highest BCUT2D eigenvalue weighted by Gasteiger charge is 2.03. The molecule has 0 fully saturated rings. The lowest BCUT2D eigenvalue weighted by Crippen LogP contribution is -2.23. The Hall–Kier alpha value is -2.10. The predicted molar refractivity (Wildman–Crippen MR) is 77.0 cm³/mol. The number of aromatic nitrogens is 2. The predicted octanol–water partition coefficient (Wildman–Crippen LogP) is 0.995. The summed E-state index contributed by atoms with van der Waals surface area (Å²) in [5, 5.41) is 11.5. The van der Waals surface area contributed by atoms with E-state index in [0.29, 0.717) is 19.5 Å². The minimum absolute atomic E-state index is 0.00934. The Morgan fingerprint density at radius 1 is 1.50 bits per heavy atom. The summed E-state index contributed by atoms with van der Waals surface area (Å²) in [6.07, 6.45) is 5.65. The Balaban J connectivity index is 1.74. The van der Waals surface area contributed by atoms with E-state index in [1.54, 1.807) is 12.5 Å². The molecular weight excluding hydrogens is 274 g/mol. The number of aliphatic hydroxyl groups is 1. The molecule has 0 unspecified atom stereocenters. The van der Waals surface area contributed by atoms with Gasteiger partial charge in [0.15, 0.2) is 0 Å². The number of hydrogen-bond donors (Lipinski definition) is 2. The van der Waals surface area contributed by atoms with Crippen molar-refractivity contribution in [1.29, 1.82) is 0 Å². The second kappa shape index (κ2) is 7.48. The third kappa shape index (κ3) is 4.53. The zero-order valence-electron chi connectivity index (χ0n) is 10.9. The first-order valence-electron chi connectivity index (χ1n) is 6.19. The van der Waals surface area contributed by atoms with Gasteiger partial charge in [-0.25, -0.2) is 4.98 Å².